The lowest BCUT2D eigenvalue weighted by atomic mass is 9.71. The molecule has 2 aliphatic rings. The van der Waals surface area contributed by atoms with Crippen LogP contribution in [0, 0.1) is 17.3 Å². The van der Waals surface area contributed by atoms with Crippen LogP contribution < -0.4 is 0 Å². The van der Waals surface area contributed by atoms with Crippen LogP contribution in [-0.4, -0.2) is 0 Å². The summed E-state index contributed by atoms with van der Waals surface area (Å²) in [5.74, 6) is 1.87. The molecule has 0 aromatic heterocycles. The Morgan fingerprint density at radius 3 is 2.00 bits per heavy atom. The van der Waals surface area contributed by atoms with Crippen molar-refractivity contribution < 1.29 is 0 Å². The fourth-order valence-electron chi connectivity index (χ4n) is 5.39. The Kier molecular flexibility index (Phi) is 8.21. The molecule has 0 heteroatoms. The van der Waals surface area contributed by atoms with E-state index in [9.17, 15) is 0 Å². The van der Waals surface area contributed by atoms with Crippen molar-refractivity contribution in [3.8, 4) is 0 Å². The van der Waals surface area contributed by atoms with E-state index in [2.05, 4.69) is 26.8 Å². The van der Waals surface area contributed by atoms with Gasteiger partial charge in [-0.25, -0.2) is 0 Å². The maximum atomic E-state index is 2.63. The highest BCUT2D eigenvalue weighted by atomic mass is 14.4. The standard InChI is InChI=1S/C23H42/c1-20(2)17-22-15-11-12-16-23(3,19-22)18-21-13-9-7-5-4-6-8-10-14-21/h17,21-22H,4-16,18-19H2,1-3H3. The van der Waals surface area contributed by atoms with Gasteiger partial charge in [0.2, 0.25) is 0 Å². The Hall–Kier alpha value is -0.260. The highest BCUT2D eigenvalue weighted by Crippen LogP contribution is 2.44. The molecule has 0 aliphatic heterocycles. The van der Waals surface area contributed by atoms with Crippen LogP contribution in [0.4, 0.5) is 0 Å². The minimum absolute atomic E-state index is 0.613. The Morgan fingerprint density at radius 2 is 1.39 bits per heavy atom. The maximum absolute atomic E-state index is 2.63. The van der Waals surface area contributed by atoms with Gasteiger partial charge >= 0.3 is 0 Å². The largest absolute Gasteiger partial charge is 0.0828 e. The summed E-state index contributed by atoms with van der Waals surface area (Å²) in [7, 11) is 0. The van der Waals surface area contributed by atoms with Crippen LogP contribution >= 0.6 is 0 Å². The van der Waals surface area contributed by atoms with E-state index in [0.29, 0.717) is 5.41 Å². The van der Waals surface area contributed by atoms with E-state index in [1.54, 1.807) is 0 Å². The van der Waals surface area contributed by atoms with Gasteiger partial charge in [0, 0.05) is 0 Å². The molecule has 2 atom stereocenters. The number of hydrogen-bond donors (Lipinski definition) is 0. The molecule has 0 radical (unpaired) electrons. The first-order valence-electron chi connectivity index (χ1n) is 10.7. The number of allylic oxidation sites excluding steroid dienone is 2. The lowest BCUT2D eigenvalue weighted by Crippen LogP contribution is -2.23. The van der Waals surface area contributed by atoms with E-state index in [1.807, 2.05) is 0 Å². The summed E-state index contributed by atoms with van der Waals surface area (Å²) in [5, 5.41) is 0. The van der Waals surface area contributed by atoms with Crippen LogP contribution in [0.3, 0.4) is 0 Å². The van der Waals surface area contributed by atoms with Crippen LogP contribution in [0.5, 0.6) is 0 Å². The molecule has 0 nitrogen and oxygen atoms in total. The number of hydrogen-bond acceptors (Lipinski definition) is 0. The highest BCUT2D eigenvalue weighted by Gasteiger charge is 2.32. The van der Waals surface area contributed by atoms with E-state index in [-0.39, 0.29) is 0 Å². The van der Waals surface area contributed by atoms with Crippen molar-refractivity contribution in [1.29, 1.82) is 0 Å². The van der Waals surface area contributed by atoms with Gasteiger partial charge in [0.05, 0.1) is 0 Å². The van der Waals surface area contributed by atoms with Crippen molar-refractivity contribution in [3.05, 3.63) is 11.6 Å². The summed E-state index contributed by atoms with van der Waals surface area (Å²) < 4.78 is 0. The van der Waals surface area contributed by atoms with Gasteiger partial charge in [0.1, 0.15) is 0 Å². The van der Waals surface area contributed by atoms with Gasteiger partial charge in [0.15, 0.2) is 0 Å². The van der Waals surface area contributed by atoms with E-state index in [4.69, 9.17) is 0 Å². The zero-order valence-corrected chi connectivity index (χ0v) is 16.3. The Balaban J connectivity index is 1.94. The SMILES string of the molecule is CC(C)=CC1CCCCC(C)(CC2CCCCCCCCC2)C1. The van der Waals surface area contributed by atoms with Gasteiger partial charge < -0.3 is 0 Å². The Morgan fingerprint density at radius 1 is 0.826 bits per heavy atom. The third-order valence-corrected chi connectivity index (χ3v) is 6.44. The molecule has 0 spiro atoms. The van der Waals surface area contributed by atoms with Crippen molar-refractivity contribution in [3.63, 3.8) is 0 Å². The first-order chi connectivity index (χ1) is 11.1. The summed E-state index contributed by atoms with van der Waals surface area (Å²) in [6, 6.07) is 0. The summed E-state index contributed by atoms with van der Waals surface area (Å²) >= 11 is 0. The minimum Gasteiger partial charge on any atom is -0.0828 e. The molecule has 0 heterocycles. The van der Waals surface area contributed by atoms with Crippen LogP contribution in [0.15, 0.2) is 11.6 Å². The van der Waals surface area contributed by atoms with Crippen molar-refractivity contribution in [2.75, 3.05) is 0 Å². The maximum Gasteiger partial charge on any atom is -0.0226 e. The van der Waals surface area contributed by atoms with Crippen molar-refractivity contribution in [1.82, 2.24) is 0 Å². The summed E-state index contributed by atoms with van der Waals surface area (Å²) in [5.41, 5.74) is 2.14. The second-order valence-corrected chi connectivity index (χ2v) is 9.39. The van der Waals surface area contributed by atoms with Crippen LogP contribution in [0.25, 0.3) is 0 Å². The number of rotatable bonds is 3. The Labute approximate surface area is 146 Å². The van der Waals surface area contributed by atoms with Crippen LogP contribution in [0.1, 0.15) is 117 Å². The van der Waals surface area contributed by atoms with E-state index >= 15 is 0 Å². The first kappa shape index (κ1) is 19.1. The summed E-state index contributed by atoms with van der Waals surface area (Å²) in [6.07, 6.45) is 24.9. The molecule has 0 saturated heterocycles. The molecule has 2 aliphatic carbocycles. The predicted octanol–water partition coefficient (Wildman–Crippen LogP) is 8.07. The molecule has 2 unspecified atom stereocenters. The van der Waals surface area contributed by atoms with Crippen LogP contribution in [-0.2, 0) is 0 Å². The normalized spacial score (nSPS) is 32.0. The quantitative estimate of drug-likeness (QED) is 0.364. The summed E-state index contributed by atoms with van der Waals surface area (Å²) in [6.45, 7) is 7.19. The van der Waals surface area contributed by atoms with Gasteiger partial charge in [-0.3, -0.25) is 0 Å². The third-order valence-electron chi connectivity index (χ3n) is 6.44. The van der Waals surface area contributed by atoms with Gasteiger partial charge in [-0.2, -0.15) is 0 Å². The molecular weight excluding hydrogens is 276 g/mol. The van der Waals surface area contributed by atoms with Gasteiger partial charge in [-0.1, -0.05) is 89.2 Å². The molecule has 0 amide bonds. The fourth-order valence-corrected chi connectivity index (χ4v) is 5.39. The smallest absolute Gasteiger partial charge is 0.0226 e. The van der Waals surface area contributed by atoms with Crippen molar-refractivity contribution >= 4 is 0 Å². The van der Waals surface area contributed by atoms with Gasteiger partial charge in [-0.15, -0.1) is 0 Å². The molecule has 134 valence electrons. The molecule has 2 fully saturated rings. The average Bonchev–Trinajstić information content (AvgIpc) is 2.66. The summed E-state index contributed by atoms with van der Waals surface area (Å²) in [4.78, 5) is 0. The first-order valence-corrected chi connectivity index (χ1v) is 10.7. The van der Waals surface area contributed by atoms with E-state index in [0.717, 1.165) is 11.8 Å². The van der Waals surface area contributed by atoms with Crippen molar-refractivity contribution in [2.45, 2.75) is 117 Å². The second-order valence-electron chi connectivity index (χ2n) is 9.39. The van der Waals surface area contributed by atoms with Crippen LogP contribution in [0.2, 0.25) is 0 Å². The molecule has 0 N–H and O–H groups in total. The lowest BCUT2D eigenvalue weighted by molar-refractivity contribution is 0.176. The third kappa shape index (κ3) is 7.44. The molecule has 23 heavy (non-hydrogen) atoms. The zero-order chi connectivity index (χ0) is 16.5. The molecule has 0 aromatic rings. The lowest BCUT2D eigenvalue weighted by Gasteiger charge is -2.35. The molecular formula is C23H42. The fraction of sp³-hybridized carbons (Fsp3) is 0.913. The second kappa shape index (κ2) is 9.90. The minimum atomic E-state index is 0.613. The zero-order valence-electron chi connectivity index (χ0n) is 16.3. The predicted molar refractivity (Wildman–Crippen MR) is 104 cm³/mol. The average molecular weight is 319 g/mol. The monoisotopic (exact) mass is 318 g/mol. The highest BCUT2D eigenvalue weighted by molar-refractivity contribution is 5.00. The molecule has 0 aromatic carbocycles. The van der Waals surface area contributed by atoms with Gasteiger partial charge in [-0.05, 0) is 56.8 Å². The molecule has 2 saturated carbocycles. The Bertz CT molecular complexity index is 339. The van der Waals surface area contributed by atoms with Gasteiger partial charge in [0.25, 0.3) is 0 Å². The topological polar surface area (TPSA) is 0 Å². The van der Waals surface area contributed by atoms with Crippen molar-refractivity contribution in [2.24, 2.45) is 17.3 Å². The molecule has 0 bridgehead atoms. The van der Waals surface area contributed by atoms with E-state index in [1.165, 1.54) is 102 Å². The molecule has 2 rings (SSSR count). The van der Waals surface area contributed by atoms with E-state index < -0.39 is 0 Å².